The van der Waals surface area contributed by atoms with Gasteiger partial charge in [0.15, 0.2) is 0 Å². The zero-order valence-electron chi connectivity index (χ0n) is 18.4. The van der Waals surface area contributed by atoms with E-state index >= 15 is 0 Å². The molecule has 2 heteroatoms. The highest BCUT2D eigenvalue weighted by Crippen LogP contribution is 2.20. The minimum absolute atomic E-state index is 0.923. The summed E-state index contributed by atoms with van der Waals surface area (Å²) < 4.78 is 5.31. The Balaban J connectivity index is 2.61. The van der Waals surface area contributed by atoms with Crippen LogP contribution in [0.3, 0.4) is 0 Å². The van der Waals surface area contributed by atoms with Gasteiger partial charge in [0.25, 0.3) is 0 Å². The van der Waals surface area contributed by atoms with Gasteiger partial charge < -0.3 is 9.64 Å². The van der Waals surface area contributed by atoms with Gasteiger partial charge in [0.05, 0.1) is 7.11 Å². The van der Waals surface area contributed by atoms with Gasteiger partial charge in [0, 0.05) is 18.8 Å². The third-order valence-electron chi connectivity index (χ3n) is 4.97. The second-order valence-electron chi connectivity index (χ2n) is 7.78. The lowest BCUT2D eigenvalue weighted by Gasteiger charge is -2.24. The predicted octanol–water partition coefficient (Wildman–Crippen LogP) is 7.55. The largest absolute Gasteiger partial charge is 0.497 e. The second-order valence-corrected chi connectivity index (χ2v) is 7.78. The lowest BCUT2D eigenvalue weighted by atomic mass is 10.1. The Morgan fingerprint density at radius 3 is 2.22 bits per heavy atom. The molecule has 0 aliphatic carbocycles. The smallest absolute Gasteiger partial charge is 0.119 e. The molecule has 0 aromatic heterocycles. The molecule has 27 heavy (non-hydrogen) atoms. The Morgan fingerprint density at radius 1 is 0.926 bits per heavy atom. The van der Waals surface area contributed by atoms with Crippen LogP contribution in [0, 0.1) is 0 Å². The Hall–Kier alpha value is -1.70. The molecule has 0 N–H and O–H groups in total. The van der Waals surface area contributed by atoms with Crippen molar-refractivity contribution in [2.24, 2.45) is 0 Å². The molecule has 0 bridgehead atoms. The molecule has 0 radical (unpaired) electrons. The van der Waals surface area contributed by atoms with Crippen molar-refractivity contribution in [3.05, 3.63) is 47.6 Å². The molecular formula is C25H41NO. The number of rotatable bonds is 14. The molecule has 0 atom stereocenters. The van der Waals surface area contributed by atoms with Crippen molar-refractivity contribution in [3.8, 4) is 5.75 Å². The highest BCUT2D eigenvalue weighted by Gasteiger charge is 2.06. The van der Waals surface area contributed by atoms with E-state index in [1.807, 2.05) is 0 Å². The van der Waals surface area contributed by atoms with E-state index in [0.29, 0.717) is 0 Å². The normalized spacial score (nSPS) is 11.4. The van der Waals surface area contributed by atoms with E-state index < -0.39 is 0 Å². The molecule has 152 valence electrons. The van der Waals surface area contributed by atoms with E-state index in [1.165, 1.54) is 55.4 Å². The first kappa shape index (κ1) is 23.3. The highest BCUT2D eigenvalue weighted by atomic mass is 16.5. The van der Waals surface area contributed by atoms with Crippen LogP contribution in [0.4, 0.5) is 5.69 Å². The average molecular weight is 372 g/mol. The minimum Gasteiger partial charge on any atom is -0.497 e. The van der Waals surface area contributed by atoms with Crippen LogP contribution < -0.4 is 9.64 Å². The average Bonchev–Trinajstić information content (AvgIpc) is 2.66. The Morgan fingerprint density at radius 2 is 1.59 bits per heavy atom. The van der Waals surface area contributed by atoms with Crippen LogP contribution in [0.25, 0.3) is 0 Å². The van der Waals surface area contributed by atoms with E-state index in [-0.39, 0.29) is 0 Å². The van der Waals surface area contributed by atoms with Gasteiger partial charge in [-0.2, -0.15) is 0 Å². The molecule has 1 aromatic rings. The number of allylic oxidation sites excluding steroid dienone is 3. The van der Waals surface area contributed by atoms with Gasteiger partial charge >= 0.3 is 0 Å². The summed E-state index contributed by atoms with van der Waals surface area (Å²) in [6.45, 7) is 11.0. The van der Waals surface area contributed by atoms with Gasteiger partial charge in [-0.05, 0) is 64.3 Å². The zero-order valence-corrected chi connectivity index (χ0v) is 18.4. The summed E-state index contributed by atoms with van der Waals surface area (Å²) in [4.78, 5) is 2.50. The molecule has 0 saturated heterocycles. The number of ether oxygens (including phenoxy) is 1. The summed E-state index contributed by atoms with van der Waals surface area (Å²) in [6, 6.07) is 8.49. The van der Waals surface area contributed by atoms with Crippen molar-refractivity contribution < 1.29 is 4.74 Å². The molecule has 0 aliphatic heterocycles. The summed E-state index contributed by atoms with van der Waals surface area (Å²) in [5.74, 6) is 0.923. The van der Waals surface area contributed by atoms with Crippen molar-refractivity contribution in [3.63, 3.8) is 0 Å². The molecule has 0 saturated carbocycles. The SMILES string of the molecule is CCCCCCCCN(C/C=C(\C)CCC=C(C)C)c1ccc(OC)cc1. The summed E-state index contributed by atoms with van der Waals surface area (Å²) in [6.07, 6.45) is 15.0. The fraction of sp³-hybridized carbons (Fsp3) is 0.600. The van der Waals surface area contributed by atoms with E-state index in [4.69, 9.17) is 4.74 Å². The standard InChI is InChI=1S/C25H41NO/c1-6-7-8-9-10-11-20-26(24-15-17-25(27-5)18-16-24)21-19-23(4)14-12-13-22(2)3/h13,15-19H,6-12,14,20-21H2,1-5H3/b23-19+. The molecule has 0 spiro atoms. The van der Waals surface area contributed by atoms with Gasteiger partial charge in [0.1, 0.15) is 5.75 Å². The van der Waals surface area contributed by atoms with Crippen molar-refractivity contribution in [1.82, 2.24) is 0 Å². The Kier molecular flexibility index (Phi) is 12.4. The monoisotopic (exact) mass is 371 g/mol. The number of nitrogens with zero attached hydrogens (tertiary/aromatic N) is 1. The van der Waals surface area contributed by atoms with Gasteiger partial charge in [-0.15, -0.1) is 0 Å². The first-order valence-electron chi connectivity index (χ1n) is 10.7. The van der Waals surface area contributed by atoms with Gasteiger partial charge in [-0.3, -0.25) is 0 Å². The predicted molar refractivity (Wildman–Crippen MR) is 121 cm³/mol. The third-order valence-corrected chi connectivity index (χ3v) is 4.97. The summed E-state index contributed by atoms with van der Waals surface area (Å²) >= 11 is 0. The first-order valence-corrected chi connectivity index (χ1v) is 10.7. The molecule has 0 amide bonds. The molecule has 0 aliphatic rings. The maximum atomic E-state index is 5.31. The zero-order chi connectivity index (χ0) is 19.9. The Bertz CT molecular complexity index is 552. The van der Waals surface area contributed by atoms with Crippen molar-refractivity contribution in [2.45, 2.75) is 79.1 Å². The van der Waals surface area contributed by atoms with E-state index in [9.17, 15) is 0 Å². The van der Waals surface area contributed by atoms with Crippen LogP contribution in [-0.4, -0.2) is 20.2 Å². The minimum atomic E-state index is 0.923. The molecule has 2 nitrogen and oxygen atoms in total. The quantitative estimate of drug-likeness (QED) is 0.247. The van der Waals surface area contributed by atoms with E-state index in [0.717, 1.165) is 31.7 Å². The molecule has 1 rings (SSSR count). The van der Waals surface area contributed by atoms with Crippen LogP contribution in [0.1, 0.15) is 79.1 Å². The van der Waals surface area contributed by atoms with Crippen molar-refractivity contribution >= 4 is 5.69 Å². The van der Waals surface area contributed by atoms with Crippen molar-refractivity contribution in [1.29, 1.82) is 0 Å². The van der Waals surface area contributed by atoms with Gasteiger partial charge in [-0.25, -0.2) is 0 Å². The number of anilines is 1. The lowest BCUT2D eigenvalue weighted by molar-refractivity contribution is 0.415. The molecule has 0 fully saturated rings. The number of benzene rings is 1. The molecule has 0 unspecified atom stereocenters. The highest BCUT2D eigenvalue weighted by molar-refractivity contribution is 5.49. The topological polar surface area (TPSA) is 12.5 Å². The lowest BCUT2D eigenvalue weighted by Crippen LogP contribution is -2.24. The van der Waals surface area contributed by atoms with Crippen LogP contribution >= 0.6 is 0 Å². The van der Waals surface area contributed by atoms with E-state index in [1.54, 1.807) is 7.11 Å². The van der Waals surface area contributed by atoms with Crippen LogP contribution in [0.2, 0.25) is 0 Å². The van der Waals surface area contributed by atoms with Crippen LogP contribution in [0.5, 0.6) is 5.75 Å². The Labute approximate surface area is 168 Å². The fourth-order valence-electron chi connectivity index (χ4n) is 3.16. The van der Waals surface area contributed by atoms with Gasteiger partial charge in [-0.1, -0.05) is 62.3 Å². The van der Waals surface area contributed by atoms with Gasteiger partial charge in [0.2, 0.25) is 0 Å². The number of hydrogen-bond acceptors (Lipinski definition) is 2. The second kappa shape index (κ2) is 14.4. The van der Waals surface area contributed by atoms with Crippen LogP contribution in [0.15, 0.2) is 47.6 Å². The molecule has 1 aromatic carbocycles. The number of unbranched alkanes of at least 4 members (excludes halogenated alkanes) is 5. The van der Waals surface area contributed by atoms with Crippen molar-refractivity contribution in [2.75, 3.05) is 25.1 Å². The number of hydrogen-bond donors (Lipinski definition) is 0. The molecular weight excluding hydrogens is 330 g/mol. The third kappa shape index (κ3) is 10.9. The molecule has 0 heterocycles. The summed E-state index contributed by atoms with van der Waals surface area (Å²) in [5.41, 5.74) is 4.18. The van der Waals surface area contributed by atoms with E-state index in [2.05, 4.69) is 69.0 Å². The summed E-state index contributed by atoms with van der Waals surface area (Å²) in [7, 11) is 1.72. The van der Waals surface area contributed by atoms with Crippen LogP contribution in [-0.2, 0) is 0 Å². The fourth-order valence-corrected chi connectivity index (χ4v) is 3.16. The number of methoxy groups -OCH3 is 1. The summed E-state index contributed by atoms with van der Waals surface area (Å²) in [5, 5.41) is 0. The maximum Gasteiger partial charge on any atom is 0.119 e. The maximum absolute atomic E-state index is 5.31. The first-order chi connectivity index (χ1) is 13.1.